The Morgan fingerprint density at radius 1 is 1.41 bits per heavy atom. The van der Waals surface area contributed by atoms with Crippen molar-refractivity contribution < 1.29 is 14.3 Å². The molecule has 0 radical (unpaired) electrons. The Kier molecular flexibility index (Phi) is 3.81. The summed E-state index contributed by atoms with van der Waals surface area (Å²) in [6.45, 7) is 0. The number of methoxy groups -OCH3 is 1. The van der Waals surface area contributed by atoms with E-state index in [1.54, 1.807) is 31.4 Å². The minimum Gasteiger partial charge on any atom is -0.497 e. The van der Waals surface area contributed by atoms with Crippen LogP contribution in [0, 0.1) is 0 Å². The first kappa shape index (κ1) is 11.7. The maximum atomic E-state index is 11.9. The molecule has 1 aliphatic rings. The summed E-state index contributed by atoms with van der Waals surface area (Å²) in [5.41, 5.74) is 0.531. The van der Waals surface area contributed by atoms with Crippen LogP contribution in [-0.2, 0) is 4.74 Å². The molecule has 90 valence electrons. The zero-order valence-electron chi connectivity index (χ0n) is 9.89. The molecule has 1 aliphatic carbocycles. The number of hydrogen-bond acceptors (Lipinski definition) is 3. The molecule has 0 unspecified atom stereocenters. The van der Waals surface area contributed by atoms with Crippen molar-refractivity contribution in [3.8, 4) is 5.75 Å². The number of rotatable bonds is 3. The van der Waals surface area contributed by atoms with Crippen molar-refractivity contribution in [2.45, 2.75) is 25.4 Å². The lowest BCUT2D eigenvalue weighted by Gasteiger charge is -2.17. The van der Waals surface area contributed by atoms with E-state index in [0.29, 0.717) is 11.3 Å². The van der Waals surface area contributed by atoms with Gasteiger partial charge >= 0.3 is 5.97 Å². The number of benzene rings is 1. The van der Waals surface area contributed by atoms with Crippen molar-refractivity contribution in [1.82, 2.24) is 0 Å². The van der Waals surface area contributed by atoms with Crippen molar-refractivity contribution in [3.05, 3.63) is 42.0 Å². The summed E-state index contributed by atoms with van der Waals surface area (Å²) < 4.78 is 10.5. The zero-order chi connectivity index (χ0) is 12.1. The van der Waals surface area contributed by atoms with E-state index in [1.165, 1.54) is 0 Å². The minimum absolute atomic E-state index is 0.0811. The number of ether oxygens (including phenoxy) is 2. The summed E-state index contributed by atoms with van der Waals surface area (Å²) in [4.78, 5) is 11.9. The van der Waals surface area contributed by atoms with Crippen LogP contribution in [-0.4, -0.2) is 19.2 Å². The summed E-state index contributed by atoms with van der Waals surface area (Å²) in [5.74, 6) is 0.374. The molecule has 0 saturated carbocycles. The third kappa shape index (κ3) is 3.09. The minimum atomic E-state index is -0.291. The van der Waals surface area contributed by atoms with Gasteiger partial charge in [0, 0.05) is 0 Å². The SMILES string of the molecule is COc1cccc(C(=O)O[C@@H]2C=CCCC2)c1. The highest BCUT2D eigenvalue weighted by Crippen LogP contribution is 2.17. The maximum absolute atomic E-state index is 11.9. The predicted molar refractivity (Wildman–Crippen MR) is 65.2 cm³/mol. The Hall–Kier alpha value is -1.77. The van der Waals surface area contributed by atoms with Crippen LogP contribution in [0.5, 0.6) is 5.75 Å². The molecule has 0 saturated heterocycles. The van der Waals surface area contributed by atoms with Crippen LogP contribution in [0.3, 0.4) is 0 Å². The molecule has 1 atom stereocenters. The molecule has 0 bridgehead atoms. The zero-order valence-corrected chi connectivity index (χ0v) is 9.89. The molecular weight excluding hydrogens is 216 g/mol. The van der Waals surface area contributed by atoms with Gasteiger partial charge in [-0.05, 0) is 43.5 Å². The molecular formula is C14H16O3. The van der Waals surface area contributed by atoms with E-state index in [0.717, 1.165) is 19.3 Å². The first-order valence-corrected chi connectivity index (χ1v) is 5.81. The highest BCUT2D eigenvalue weighted by atomic mass is 16.5. The largest absolute Gasteiger partial charge is 0.497 e. The van der Waals surface area contributed by atoms with Gasteiger partial charge < -0.3 is 9.47 Å². The fourth-order valence-corrected chi connectivity index (χ4v) is 1.83. The van der Waals surface area contributed by atoms with Gasteiger partial charge in [0.2, 0.25) is 0 Å². The third-order valence-electron chi connectivity index (χ3n) is 2.77. The Balaban J connectivity index is 2.03. The standard InChI is InChI=1S/C14H16O3/c1-16-13-9-5-6-11(10-13)14(15)17-12-7-3-2-4-8-12/h3,5-7,9-10,12H,2,4,8H2,1H3/t12-/m1/s1. The Morgan fingerprint density at radius 3 is 3.00 bits per heavy atom. The van der Waals surface area contributed by atoms with Crippen LogP contribution in [0.15, 0.2) is 36.4 Å². The summed E-state index contributed by atoms with van der Waals surface area (Å²) in [5, 5.41) is 0. The second-order valence-electron chi connectivity index (χ2n) is 4.03. The van der Waals surface area contributed by atoms with Crippen LogP contribution in [0.1, 0.15) is 29.6 Å². The van der Waals surface area contributed by atoms with E-state index in [2.05, 4.69) is 6.08 Å². The molecule has 0 heterocycles. The van der Waals surface area contributed by atoms with Crippen LogP contribution >= 0.6 is 0 Å². The maximum Gasteiger partial charge on any atom is 0.338 e. The van der Waals surface area contributed by atoms with Gasteiger partial charge in [-0.25, -0.2) is 4.79 Å². The summed E-state index contributed by atoms with van der Waals surface area (Å²) in [7, 11) is 1.58. The average Bonchev–Trinajstić information content (AvgIpc) is 2.40. The quantitative estimate of drug-likeness (QED) is 0.593. The molecule has 0 amide bonds. The fraction of sp³-hybridized carbons (Fsp3) is 0.357. The summed E-state index contributed by atoms with van der Waals surface area (Å²) in [6, 6.07) is 7.01. The monoisotopic (exact) mass is 232 g/mol. The van der Waals surface area contributed by atoms with E-state index in [-0.39, 0.29) is 12.1 Å². The topological polar surface area (TPSA) is 35.5 Å². The van der Waals surface area contributed by atoms with Gasteiger partial charge in [-0.1, -0.05) is 12.1 Å². The molecule has 0 aromatic heterocycles. The van der Waals surface area contributed by atoms with Crippen LogP contribution in [0.2, 0.25) is 0 Å². The predicted octanol–water partition coefficient (Wildman–Crippen LogP) is 2.96. The van der Waals surface area contributed by atoms with Crippen LogP contribution < -0.4 is 4.74 Å². The highest BCUT2D eigenvalue weighted by molar-refractivity contribution is 5.90. The normalized spacial score (nSPS) is 18.8. The highest BCUT2D eigenvalue weighted by Gasteiger charge is 2.15. The first-order valence-electron chi connectivity index (χ1n) is 5.81. The second-order valence-corrected chi connectivity index (χ2v) is 4.03. The fourth-order valence-electron chi connectivity index (χ4n) is 1.83. The number of esters is 1. The average molecular weight is 232 g/mol. The van der Waals surface area contributed by atoms with E-state index < -0.39 is 0 Å². The van der Waals surface area contributed by atoms with Crippen LogP contribution in [0.25, 0.3) is 0 Å². The van der Waals surface area contributed by atoms with Crippen molar-refractivity contribution in [2.24, 2.45) is 0 Å². The first-order chi connectivity index (χ1) is 8.29. The number of carbonyl (C=O) groups is 1. The molecule has 0 N–H and O–H groups in total. The lowest BCUT2D eigenvalue weighted by atomic mass is 10.1. The van der Waals surface area contributed by atoms with Crippen molar-refractivity contribution in [1.29, 1.82) is 0 Å². The third-order valence-corrected chi connectivity index (χ3v) is 2.77. The van der Waals surface area contributed by atoms with Crippen molar-refractivity contribution >= 4 is 5.97 Å². The van der Waals surface area contributed by atoms with E-state index in [9.17, 15) is 4.79 Å². The Labute approximate surface area is 101 Å². The van der Waals surface area contributed by atoms with Gasteiger partial charge in [0.25, 0.3) is 0 Å². The smallest absolute Gasteiger partial charge is 0.338 e. The molecule has 0 fully saturated rings. The molecule has 3 nitrogen and oxygen atoms in total. The van der Waals surface area contributed by atoms with Crippen LogP contribution in [0.4, 0.5) is 0 Å². The van der Waals surface area contributed by atoms with Gasteiger partial charge in [-0.15, -0.1) is 0 Å². The molecule has 1 aromatic carbocycles. The molecule has 0 aliphatic heterocycles. The Bertz CT molecular complexity index is 423. The van der Waals surface area contributed by atoms with Gasteiger partial charge in [-0.3, -0.25) is 0 Å². The van der Waals surface area contributed by atoms with Gasteiger partial charge in [0.1, 0.15) is 11.9 Å². The molecule has 3 heteroatoms. The lowest BCUT2D eigenvalue weighted by molar-refractivity contribution is 0.0369. The Morgan fingerprint density at radius 2 is 2.29 bits per heavy atom. The van der Waals surface area contributed by atoms with E-state index >= 15 is 0 Å². The van der Waals surface area contributed by atoms with Gasteiger partial charge in [0.15, 0.2) is 0 Å². The second kappa shape index (κ2) is 5.53. The molecule has 17 heavy (non-hydrogen) atoms. The number of allylic oxidation sites excluding steroid dienone is 1. The van der Waals surface area contributed by atoms with Crippen molar-refractivity contribution in [3.63, 3.8) is 0 Å². The molecule has 1 aromatic rings. The lowest BCUT2D eigenvalue weighted by Crippen LogP contribution is -2.17. The van der Waals surface area contributed by atoms with Gasteiger partial charge in [-0.2, -0.15) is 0 Å². The molecule has 0 spiro atoms. The van der Waals surface area contributed by atoms with Gasteiger partial charge in [0.05, 0.1) is 12.7 Å². The summed E-state index contributed by atoms with van der Waals surface area (Å²) in [6.07, 6.45) is 7.00. The molecule has 2 rings (SSSR count). The van der Waals surface area contributed by atoms with Crippen molar-refractivity contribution in [2.75, 3.05) is 7.11 Å². The summed E-state index contributed by atoms with van der Waals surface area (Å²) >= 11 is 0. The number of hydrogen-bond donors (Lipinski definition) is 0. The van der Waals surface area contributed by atoms with E-state index in [1.807, 2.05) is 6.08 Å². The van der Waals surface area contributed by atoms with E-state index in [4.69, 9.17) is 9.47 Å². The number of carbonyl (C=O) groups excluding carboxylic acids is 1.